The summed E-state index contributed by atoms with van der Waals surface area (Å²) in [5.41, 5.74) is -2.97. The lowest BCUT2D eigenvalue weighted by atomic mass is 9.93. The monoisotopic (exact) mass is 350 g/mol. The topological polar surface area (TPSA) is 76.4 Å². The summed E-state index contributed by atoms with van der Waals surface area (Å²) in [6, 6.07) is 3.39. The molecule has 3 saturated heterocycles. The zero-order valence-corrected chi connectivity index (χ0v) is 13.1. The van der Waals surface area contributed by atoms with Gasteiger partial charge in [-0.3, -0.25) is 4.79 Å². The zero-order chi connectivity index (χ0) is 18.1. The van der Waals surface area contributed by atoms with Gasteiger partial charge in [-0.1, -0.05) is 0 Å². The lowest BCUT2D eigenvalue weighted by Crippen LogP contribution is -2.60. The van der Waals surface area contributed by atoms with Crippen molar-refractivity contribution in [1.29, 1.82) is 5.26 Å². The summed E-state index contributed by atoms with van der Waals surface area (Å²) in [7, 11) is 0. The molecule has 3 aliphatic rings. The third kappa shape index (κ3) is 1.88. The van der Waals surface area contributed by atoms with Gasteiger partial charge in [0.2, 0.25) is 0 Å². The van der Waals surface area contributed by atoms with Gasteiger partial charge in [-0.25, -0.2) is 9.69 Å². The Morgan fingerprint density at radius 2 is 2.08 bits per heavy atom. The second-order valence-corrected chi connectivity index (χ2v) is 6.63. The Labute approximate surface area is 140 Å². The number of urea groups is 1. The molecule has 0 aliphatic carbocycles. The number of carbonyl (C=O) groups is 2. The van der Waals surface area contributed by atoms with Crippen molar-refractivity contribution in [2.45, 2.75) is 37.1 Å². The quantitative estimate of drug-likeness (QED) is 0.785. The van der Waals surface area contributed by atoms with Crippen molar-refractivity contribution in [3.63, 3.8) is 0 Å². The molecule has 130 valence electrons. The van der Waals surface area contributed by atoms with Crippen molar-refractivity contribution >= 4 is 17.6 Å². The average Bonchev–Trinajstić information content (AvgIpc) is 3.18. The number of imide groups is 1. The first-order chi connectivity index (χ1) is 11.7. The second kappa shape index (κ2) is 4.73. The molecule has 1 N–H and O–H groups in total. The molecule has 9 heteroatoms. The van der Waals surface area contributed by atoms with Crippen LogP contribution in [-0.2, 0) is 11.0 Å². The molecule has 1 aromatic carbocycles. The maximum Gasteiger partial charge on any atom is 0.417 e. The van der Waals surface area contributed by atoms with Gasteiger partial charge in [0.25, 0.3) is 5.91 Å². The van der Waals surface area contributed by atoms with E-state index >= 15 is 0 Å². The molecule has 6 nitrogen and oxygen atoms in total. The molecular formula is C16H13F3N4O2. The summed E-state index contributed by atoms with van der Waals surface area (Å²) < 4.78 is 39.5. The highest BCUT2D eigenvalue weighted by atomic mass is 19.4. The minimum Gasteiger partial charge on any atom is -0.309 e. The van der Waals surface area contributed by atoms with Crippen molar-refractivity contribution in [2.24, 2.45) is 0 Å². The highest BCUT2D eigenvalue weighted by Gasteiger charge is 2.67. The van der Waals surface area contributed by atoms with E-state index in [0.29, 0.717) is 19.0 Å². The molecule has 3 atom stereocenters. The number of amides is 3. The molecule has 0 spiro atoms. The number of nitriles is 1. The number of nitrogens with zero attached hydrogens (tertiary/aromatic N) is 3. The fraction of sp³-hybridized carbons (Fsp3) is 0.438. The Balaban J connectivity index is 1.80. The lowest BCUT2D eigenvalue weighted by Gasteiger charge is -2.35. The van der Waals surface area contributed by atoms with E-state index in [1.807, 2.05) is 0 Å². The summed E-state index contributed by atoms with van der Waals surface area (Å²) in [5, 5.41) is 12.1. The Bertz CT molecular complexity index is 847. The van der Waals surface area contributed by atoms with Crippen LogP contribution in [0.2, 0.25) is 0 Å². The van der Waals surface area contributed by atoms with Crippen LogP contribution in [0.4, 0.5) is 23.7 Å². The SMILES string of the molecule is C[C@]12C(=O)N(c3ccc(C#N)c(C(F)(F)F)c3)C(=O)N1[C@H]1CN[C@@H]2C1. The maximum atomic E-state index is 13.2. The minimum atomic E-state index is -4.76. The molecule has 1 aromatic rings. The predicted molar refractivity (Wildman–Crippen MR) is 79.5 cm³/mol. The smallest absolute Gasteiger partial charge is 0.309 e. The predicted octanol–water partition coefficient (Wildman–Crippen LogP) is 1.85. The van der Waals surface area contributed by atoms with Gasteiger partial charge in [0.15, 0.2) is 0 Å². The third-order valence-corrected chi connectivity index (χ3v) is 5.37. The van der Waals surface area contributed by atoms with Gasteiger partial charge in [-0.05, 0) is 31.5 Å². The van der Waals surface area contributed by atoms with Crippen LogP contribution in [0.3, 0.4) is 0 Å². The number of benzene rings is 1. The van der Waals surface area contributed by atoms with Crippen LogP contribution >= 0.6 is 0 Å². The van der Waals surface area contributed by atoms with E-state index in [-0.39, 0.29) is 17.8 Å². The average molecular weight is 350 g/mol. The Kier molecular flexibility index (Phi) is 3.01. The standard InChI is InChI=1S/C16H13F3N4O2/c1-15-12-5-10(7-21-12)23(15)14(25)22(13(15)24)9-3-2-8(6-20)11(4-9)16(17,18)19/h2-4,10,12,21H,5,7H2,1H3/t10-,12-,15+/m1/s1. The second-order valence-electron chi connectivity index (χ2n) is 6.63. The highest BCUT2D eigenvalue weighted by Crippen LogP contribution is 2.46. The number of alkyl halides is 3. The fourth-order valence-electron chi connectivity index (χ4n) is 4.15. The Hall–Kier alpha value is -2.60. The van der Waals surface area contributed by atoms with Gasteiger partial charge in [0.1, 0.15) is 5.54 Å². The number of anilines is 1. The number of rotatable bonds is 1. The van der Waals surface area contributed by atoms with Crippen molar-refractivity contribution in [3.05, 3.63) is 29.3 Å². The van der Waals surface area contributed by atoms with E-state index in [9.17, 15) is 22.8 Å². The first kappa shape index (κ1) is 15.9. The Morgan fingerprint density at radius 3 is 2.68 bits per heavy atom. The van der Waals surface area contributed by atoms with Gasteiger partial charge < -0.3 is 10.2 Å². The third-order valence-electron chi connectivity index (χ3n) is 5.37. The number of halogens is 3. The molecule has 3 aliphatic heterocycles. The molecule has 0 unspecified atom stereocenters. The highest BCUT2D eigenvalue weighted by molar-refractivity contribution is 6.24. The first-order valence-electron chi connectivity index (χ1n) is 7.72. The van der Waals surface area contributed by atoms with Gasteiger partial charge in [0, 0.05) is 18.6 Å². The molecule has 3 amide bonds. The van der Waals surface area contributed by atoms with Crippen LogP contribution in [0.1, 0.15) is 24.5 Å². The molecule has 0 radical (unpaired) electrons. The maximum absolute atomic E-state index is 13.2. The molecule has 25 heavy (non-hydrogen) atoms. The van der Waals surface area contributed by atoms with Gasteiger partial charge in [-0.15, -0.1) is 0 Å². The summed E-state index contributed by atoms with van der Waals surface area (Å²) in [6.07, 6.45) is -4.10. The van der Waals surface area contributed by atoms with Crippen molar-refractivity contribution < 1.29 is 22.8 Å². The minimum absolute atomic E-state index is 0.142. The molecular weight excluding hydrogens is 337 g/mol. The van der Waals surface area contributed by atoms with Crippen molar-refractivity contribution in [2.75, 3.05) is 11.4 Å². The van der Waals surface area contributed by atoms with E-state index in [4.69, 9.17) is 5.26 Å². The van der Waals surface area contributed by atoms with Gasteiger partial charge in [0.05, 0.1) is 22.9 Å². The molecule has 3 heterocycles. The van der Waals surface area contributed by atoms with Crippen LogP contribution in [0.25, 0.3) is 0 Å². The van der Waals surface area contributed by atoms with E-state index in [1.165, 1.54) is 17.0 Å². The van der Waals surface area contributed by atoms with Crippen LogP contribution in [0.5, 0.6) is 0 Å². The van der Waals surface area contributed by atoms with Gasteiger partial charge >= 0.3 is 12.2 Å². The number of nitrogens with one attached hydrogen (secondary N) is 1. The van der Waals surface area contributed by atoms with Crippen molar-refractivity contribution in [3.8, 4) is 6.07 Å². The Morgan fingerprint density at radius 1 is 1.36 bits per heavy atom. The largest absolute Gasteiger partial charge is 0.417 e. The number of fused-ring (bicyclic) bond motifs is 5. The molecule has 0 aromatic heterocycles. The number of hydrogen-bond acceptors (Lipinski definition) is 4. The van der Waals surface area contributed by atoms with Crippen molar-refractivity contribution in [1.82, 2.24) is 10.2 Å². The van der Waals surface area contributed by atoms with Gasteiger partial charge in [-0.2, -0.15) is 18.4 Å². The molecule has 4 rings (SSSR count). The summed E-state index contributed by atoms with van der Waals surface area (Å²) in [6.45, 7) is 2.20. The molecule has 0 saturated carbocycles. The number of hydrogen-bond donors (Lipinski definition) is 1. The number of piperazine rings is 1. The van der Waals surface area contributed by atoms with E-state index in [1.54, 1.807) is 6.92 Å². The van der Waals surface area contributed by atoms with Crippen LogP contribution in [-0.4, -0.2) is 41.0 Å². The summed E-state index contributed by atoms with van der Waals surface area (Å²) in [5.74, 6) is -0.546. The number of carbonyl (C=O) groups excluding carboxylic acids is 2. The fourth-order valence-corrected chi connectivity index (χ4v) is 4.15. The normalized spacial score (nSPS) is 30.8. The molecule has 3 fully saturated rings. The molecule has 2 bridgehead atoms. The van der Waals surface area contributed by atoms with E-state index < -0.39 is 34.8 Å². The summed E-state index contributed by atoms with van der Waals surface area (Å²) in [4.78, 5) is 27.9. The van der Waals surface area contributed by atoms with Crippen LogP contribution < -0.4 is 10.2 Å². The lowest BCUT2D eigenvalue weighted by molar-refractivity contribution is -0.137. The zero-order valence-electron chi connectivity index (χ0n) is 13.1. The van der Waals surface area contributed by atoms with E-state index in [0.717, 1.165) is 11.0 Å². The summed E-state index contributed by atoms with van der Waals surface area (Å²) >= 11 is 0. The van der Waals surface area contributed by atoms with E-state index in [2.05, 4.69) is 5.32 Å². The van der Waals surface area contributed by atoms with Crippen LogP contribution in [0.15, 0.2) is 18.2 Å². The first-order valence-corrected chi connectivity index (χ1v) is 7.72. The van der Waals surface area contributed by atoms with Crippen LogP contribution in [0, 0.1) is 11.3 Å².